The van der Waals surface area contributed by atoms with Crippen LogP contribution in [0.5, 0.6) is 0 Å². The monoisotopic (exact) mass is 344 g/mol. The fourth-order valence-electron chi connectivity index (χ4n) is 2.67. The number of para-hydroxylation sites is 2. The van der Waals surface area contributed by atoms with Gasteiger partial charge in [0.15, 0.2) is 11.0 Å². The SMILES string of the molecule is COCCn1c(SC(C)c2nc(C3CC3)no2)nc2ccccc21. The summed E-state index contributed by atoms with van der Waals surface area (Å²) in [5.74, 6) is 2.03. The first kappa shape index (κ1) is 15.7. The Hall–Kier alpha value is -1.86. The zero-order chi connectivity index (χ0) is 16.5. The summed E-state index contributed by atoms with van der Waals surface area (Å²) in [5.41, 5.74) is 2.11. The topological polar surface area (TPSA) is 66.0 Å². The summed E-state index contributed by atoms with van der Waals surface area (Å²) in [5, 5.41) is 5.12. The lowest BCUT2D eigenvalue weighted by molar-refractivity contribution is 0.186. The Bertz CT molecular complexity index is 840. The van der Waals surface area contributed by atoms with Gasteiger partial charge in [0.1, 0.15) is 0 Å². The van der Waals surface area contributed by atoms with E-state index in [1.54, 1.807) is 18.9 Å². The molecule has 3 aromatic rings. The van der Waals surface area contributed by atoms with Crippen LogP contribution in [0.15, 0.2) is 33.9 Å². The molecule has 24 heavy (non-hydrogen) atoms. The highest BCUT2D eigenvalue weighted by Crippen LogP contribution is 2.40. The lowest BCUT2D eigenvalue weighted by atomic mass is 10.3. The van der Waals surface area contributed by atoms with Crippen LogP contribution >= 0.6 is 11.8 Å². The molecule has 0 radical (unpaired) electrons. The number of hydrogen-bond donors (Lipinski definition) is 0. The van der Waals surface area contributed by atoms with Gasteiger partial charge in [-0.05, 0) is 31.9 Å². The van der Waals surface area contributed by atoms with E-state index in [0.717, 1.165) is 28.6 Å². The van der Waals surface area contributed by atoms with Crippen molar-refractivity contribution in [3.05, 3.63) is 36.0 Å². The number of aromatic nitrogens is 4. The normalized spacial score (nSPS) is 15.9. The predicted octanol–water partition coefficient (Wildman–Crippen LogP) is 3.80. The van der Waals surface area contributed by atoms with E-state index < -0.39 is 0 Å². The number of ether oxygens (including phenoxy) is 1. The molecule has 0 bridgehead atoms. The molecule has 1 unspecified atom stereocenters. The Balaban J connectivity index is 1.59. The first-order valence-corrected chi connectivity index (χ1v) is 9.08. The summed E-state index contributed by atoms with van der Waals surface area (Å²) in [4.78, 5) is 9.32. The van der Waals surface area contributed by atoms with E-state index in [9.17, 15) is 0 Å². The van der Waals surface area contributed by atoms with E-state index in [4.69, 9.17) is 14.2 Å². The van der Waals surface area contributed by atoms with Crippen molar-refractivity contribution in [3.8, 4) is 0 Å². The van der Waals surface area contributed by atoms with Crippen molar-refractivity contribution in [2.24, 2.45) is 0 Å². The van der Waals surface area contributed by atoms with E-state index in [-0.39, 0.29) is 5.25 Å². The average Bonchev–Trinajstić information content (AvgIpc) is 3.22. The third kappa shape index (κ3) is 3.06. The van der Waals surface area contributed by atoms with Gasteiger partial charge >= 0.3 is 0 Å². The van der Waals surface area contributed by atoms with Crippen molar-refractivity contribution in [2.75, 3.05) is 13.7 Å². The molecule has 0 saturated heterocycles. The van der Waals surface area contributed by atoms with Gasteiger partial charge in [-0.25, -0.2) is 4.98 Å². The minimum atomic E-state index is 0.0584. The smallest absolute Gasteiger partial charge is 0.239 e. The fraction of sp³-hybridized carbons (Fsp3) is 0.471. The highest BCUT2D eigenvalue weighted by molar-refractivity contribution is 7.99. The standard InChI is InChI=1S/C17H20N4O2S/c1-11(16-19-15(20-23-16)12-7-8-12)24-17-18-13-5-3-4-6-14(13)21(17)9-10-22-2/h3-6,11-12H,7-10H2,1-2H3. The molecule has 2 aromatic heterocycles. The lowest BCUT2D eigenvalue weighted by Gasteiger charge is -2.10. The van der Waals surface area contributed by atoms with Crippen molar-refractivity contribution in [2.45, 2.75) is 42.6 Å². The molecule has 1 atom stereocenters. The Labute approximate surface area is 144 Å². The van der Waals surface area contributed by atoms with Crippen molar-refractivity contribution in [1.82, 2.24) is 19.7 Å². The highest BCUT2D eigenvalue weighted by atomic mass is 32.2. The Morgan fingerprint density at radius 2 is 2.17 bits per heavy atom. The van der Waals surface area contributed by atoms with E-state index >= 15 is 0 Å². The first-order valence-electron chi connectivity index (χ1n) is 8.20. The molecule has 0 amide bonds. The minimum absolute atomic E-state index is 0.0584. The summed E-state index contributed by atoms with van der Waals surface area (Å²) in [6.45, 7) is 3.49. The van der Waals surface area contributed by atoms with Crippen LogP contribution in [-0.4, -0.2) is 33.4 Å². The van der Waals surface area contributed by atoms with Crippen LogP contribution in [0.1, 0.15) is 42.6 Å². The van der Waals surface area contributed by atoms with Gasteiger partial charge in [0, 0.05) is 19.6 Å². The number of imidazole rings is 1. The number of methoxy groups -OCH3 is 1. The van der Waals surface area contributed by atoms with Gasteiger partial charge in [0.05, 0.1) is 22.9 Å². The summed E-state index contributed by atoms with van der Waals surface area (Å²) < 4.78 is 12.9. The Kier molecular flexibility index (Phi) is 4.28. The van der Waals surface area contributed by atoms with Crippen LogP contribution in [0.25, 0.3) is 11.0 Å². The van der Waals surface area contributed by atoms with Crippen molar-refractivity contribution >= 4 is 22.8 Å². The maximum Gasteiger partial charge on any atom is 0.239 e. The van der Waals surface area contributed by atoms with Gasteiger partial charge in [0.25, 0.3) is 0 Å². The second-order valence-electron chi connectivity index (χ2n) is 6.05. The number of benzene rings is 1. The number of nitrogens with zero attached hydrogens (tertiary/aromatic N) is 4. The number of fused-ring (bicyclic) bond motifs is 1. The largest absolute Gasteiger partial charge is 0.383 e. The van der Waals surface area contributed by atoms with Crippen LogP contribution in [-0.2, 0) is 11.3 Å². The third-order valence-electron chi connectivity index (χ3n) is 4.17. The second kappa shape index (κ2) is 6.57. The zero-order valence-corrected chi connectivity index (χ0v) is 14.6. The van der Waals surface area contributed by atoms with Gasteiger partial charge in [-0.2, -0.15) is 4.98 Å². The van der Waals surface area contributed by atoms with E-state index in [1.807, 2.05) is 18.2 Å². The Morgan fingerprint density at radius 3 is 2.96 bits per heavy atom. The van der Waals surface area contributed by atoms with Gasteiger partial charge < -0.3 is 13.8 Å². The highest BCUT2D eigenvalue weighted by Gasteiger charge is 2.30. The van der Waals surface area contributed by atoms with Crippen LogP contribution in [0, 0.1) is 0 Å². The predicted molar refractivity (Wildman–Crippen MR) is 92.2 cm³/mol. The minimum Gasteiger partial charge on any atom is -0.383 e. The molecule has 4 rings (SSSR count). The zero-order valence-electron chi connectivity index (χ0n) is 13.8. The number of thioether (sulfide) groups is 1. The van der Waals surface area contributed by atoms with Crippen molar-refractivity contribution < 1.29 is 9.26 Å². The van der Waals surface area contributed by atoms with Gasteiger partial charge in [0.2, 0.25) is 5.89 Å². The van der Waals surface area contributed by atoms with Crippen LogP contribution in [0.2, 0.25) is 0 Å². The lowest BCUT2D eigenvalue weighted by Crippen LogP contribution is -2.06. The maximum atomic E-state index is 5.45. The maximum absolute atomic E-state index is 5.45. The molecule has 0 aliphatic heterocycles. The molecule has 0 spiro atoms. The van der Waals surface area contributed by atoms with Crippen molar-refractivity contribution in [3.63, 3.8) is 0 Å². The molecule has 2 heterocycles. The molecule has 1 fully saturated rings. The number of hydrogen-bond acceptors (Lipinski definition) is 6. The summed E-state index contributed by atoms with van der Waals surface area (Å²) in [6, 6.07) is 8.16. The third-order valence-corrected chi connectivity index (χ3v) is 5.25. The fourth-order valence-corrected chi connectivity index (χ4v) is 3.65. The quantitative estimate of drug-likeness (QED) is 0.608. The molecular formula is C17H20N4O2S. The average molecular weight is 344 g/mol. The number of rotatable bonds is 7. The molecule has 6 nitrogen and oxygen atoms in total. The van der Waals surface area contributed by atoms with Crippen molar-refractivity contribution in [1.29, 1.82) is 0 Å². The molecule has 1 aliphatic rings. The van der Waals surface area contributed by atoms with Crippen LogP contribution < -0.4 is 0 Å². The molecule has 1 aromatic carbocycles. The molecular weight excluding hydrogens is 324 g/mol. The molecule has 7 heteroatoms. The second-order valence-corrected chi connectivity index (χ2v) is 7.36. The summed E-state index contributed by atoms with van der Waals surface area (Å²) in [7, 11) is 1.71. The van der Waals surface area contributed by atoms with E-state index in [0.29, 0.717) is 18.4 Å². The summed E-state index contributed by atoms with van der Waals surface area (Å²) >= 11 is 1.64. The molecule has 0 N–H and O–H groups in total. The Morgan fingerprint density at radius 1 is 1.33 bits per heavy atom. The van der Waals surface area contributed by atoms with E-state index in [1.165, 1.54) is 12.8 Å². The van der Waals surface area contributed by atoms with E-state index in [2.05, 4.69) is 27.7 Å². The van der Waals surface area contributed by atoms with Crippen LogP contribution in [0.4, 0.5) is 0 Å². The molecule has 1 aliphatic carbocycles. The van der Waals surface area contributed by atoms with Crippen LogP contribution in [0.3, 0.4) is 0 Å². The van der Waals surface area contributed by atoms with Gasteiger partial charge in [-0.3, -0.25) is 0 Å². The summed E-state index contributed by atoms with van der Waals surface area (Å²) in [6.07, 6.45) is 2.35. The van der Waals surface area contributed by atoms with Gasteiger partial charge in [-0.15, -0.1) is 0 Å². The molecule has 126 valence electrons. The molecule has 1 saturated carbocycles. The van der Waals surface area contributed by atoms with Gasteiger partial charge in [-0.1, -0.05) is 29.1 Å². The first-order chi connectivity index (χ1) is 11.8.